The van der Waals surface area contributed by atoms with Gasteiger partial charge < -0.3 is 24.1 Å². The van der Waals surface area contributed by atoms with Crippen molar-refractivity contribution >= 4 is 5.91 Å². The summed E-state index contributed by atoms with van der Waals surface area (Å²) in [6.07, 6.45) is 2.82. The van der Waals surface area contributed by atoms with E-state index in [1.54, 1.807) is 7.11 Å². The molecule has 46 heavy (non-hydrogen) atoms. The Hall–Kier alpha value is -4.18. The predicted octanol–water partition coefficient (Wildman–Crippen LogP) is 5.43. The number of nitrogens with zero attached hydrogens (tertiary/aromatic N) is 4. The highest BCUT2D eigenvalue weighted by molar-refractivity contribution is 5.94. The van der Waals surface area contributed by atoms with Crippen molar-refractivity contribution < 1.29 is 19.0 Å². The fraction of sp³-hybridized carbons (Fsp3) is 0.405. The minimum Gasteiger partial charge on any atom is -0.493 e. The number of hydrogen-bond donors (Lipinski definition) is 1. The fourth-order valence-corrected chi connectivity index (χ4v) is 6.52. The second-order valence-corrected chi connectivity index (χ2v) is 11.8. The number of H-pyrrole nitrogens is 1. The highest BCUT2D eigenvalue weighted by Crippen LogP contribution is 2.42. The third-order valence-electron chi connectivity index (χ3n) is 9.10. The number of hydrogen-bond acceptors (Lipinski definition) is 7. The third-order valence-corrected chi connectivity index (χ3v) is 9.10. The first-order chi connectivity index (χ1) is 22.6. The molecule has 0 radical (unpaired) electrons. The number of morpholine rings is 1. The smallest absolute Gasteiger partial charge is 0.253 e. The molecule has 9 nitrogen and oxygen atoms in total. The van der Waals surface area contributed by atoms with Gasteiger partial charge in [0, 0.05) is 68.8 Å². The van der Waals surface area contributed by atoms with Crippen molar-refractivity contribution in [2.24, 2.45) is 0 Å². The SMILES string of the molecule is CCN(CC)C(=O)c1ccc([C@@H]2c3cc(OCCN4CCOCC4)c(OC)cc3CCN2Cc2cnc(-c3ccccc3)[nH]2)cc1. The van der Waals surface area contributed by atoms with E-state index in [1.165, 1.54) is 11.1 Å². The first-order valence-corrected chi connectivity index (χ1v) is 16.4. The molecular formula is C37H45N5O4. The number of ether oxygens (including phenoxy) is 3. The molecule has 1 amide bonds. The molecular weight excluding hydrogens is 578 g/mol. The molecule has 1 atom stereocenters. The van der Waals surface area contributed by atoms with Gasteiger partial charge in [0.25, 0.3) is 5.91 Å². The fourth-order valence-electron chi connectivity index (χ4n) is 6.52. The molecule has 6 rings (SSSR count). The molecule has 1 N–H and O–H groups in total. The molecule has 4 aromatic rings. The van der Waals surface area contributed by atoms with E-state index in [-0.39, 0.29) is 11.9 Å². The Morgan fingerprint density at radius 3 is 2.48 bits per heavy atom. The number of carbonyl (C=O) groups is 1. The number of carbonyl (C=O) groups excluding carboxylic acids is 1. The molecule has 3 aromatic carbocycles. The molecule has 1 fully saturated rings. The van der Waals surface area contributed by atoms with Gasteiger partial charge in [-0.25, -0.2) is 4.98 Å². The summed E-state index contributed by atoms with van der Waals surface area (Å²) in [6.45, 7) is 11.7. The van der Waals surface area contributed by atoms with Gasteiger partial charge in [0.15, 0.2) is 11.5 Å². The van der Waals surface area contributed by atoms with Gasteiger partial charge in [-0.15, -0.1) is 0 Å². The van der Waals surface area contributed by atoms with Crippen molar-refractivity contribution in [1.29, 1.82) is 0 Å². The Bertz CT molecular complexity index is 1580. The average molecular weight is 624 g/mol. The van der Waals surface area contributed by atoms with E-state index >= 15 is 0 Å². The van der Waals surface area contributed by atoms with E-state index < -0.39 is 0 Å². The van der Waals surface area contributed by atoms with Crippen molar-refractivity contribution in [2.45, 2.75) is 32.9 Å². The minimum atomic E-state index is -0.0441. The van der Waals surface area contributed by atoms with Gasteiger partial charge in [-0.1, -0.05) is 42.5 Å². The molecule has 2 aliphatic rings. The zero-order chi connectivity index (χ0) is 31.9. The van der Waals surface area contributed by atoms with E-state index in [4.69, 9.17) is 19.2 Å². The zero-order valence-electron chi connectivity index (χ0n) is 27.2. The number of amides is 1. The van der Waals surface area contributed by atoms with Crippen LogP contribution in [0.2, 0.25) is 0 Å². The van der Waals surface area contributed by atoms with E-state index in [2.05, 4.69) is 51.2 Å². The summed E-state index contributed by atoms with van der Waals surface area (Å²) in [5, 5.41) is 0. The lowest BCUT2D eigenvalue weighted by Gasteiger charge is -2.38. The van der Waals surface area contributed by atoms with E-state index in [1.807, 2.05) is 55.3 Å². The van der Waals surface area contributed by atoms with Crippen LogP contribution in [0.4, 0.5) is 0 Å². The number of aromatic amines is 1. The van der Waals surface area contributed by atoms with E-state index in [0.29, 0.717) is 31.8 Å². The van der Waals surface area contributed by atoms with Gasteiger partial charge in [0.05, 0.1) is 26.4 Å². The summed E-state index contributed by atoms with van der Waals surface area (Å²) < 4.78 is 17.7. The van der Waals surface area contributed by atoms with Gasteiger partial charge in [-0.3, -0.25) is 14.6 Å². The van der Waals surface area contributed by atoms with E-state index in [0.717, 1.165) is 80.0 Å². The Balaban J connectivity index is 1.31. The molecule has 1 aromatic heterocycles. The summed E-state index contributed by atoms with van der Waals surface area (Å²) >= 11 is 0. The largest absolute Gasteiger partial charge is 0.493 e. The summed E-state index contributed by atoms with van der Waals surface area (Å²) in [7, 11) is 1.71. The third kappa shape index (κ3) is 7.12. The minimum absolute atomic E-state index is 0.0441. The van der Waals surface area contributed by atoms with Crippen LogP contribution in [0.5, 0.6) is 11.5 Å². The van der Waals surface area contributed by atoms with Crippen molar-refractivity contribution in [2.75, 3.05) is 66.2 Å². The van der Waals surface area contributed by atoms with Crippen LogP contribution in [-0.4, -0.2) is 96.8 Å². The molecule has 9 heteroatoms. The number of fused-ring (bicyclic) bond motifs is 1. The number of rotatable bonds is 12. The molecule has 0 bridgehead atoms. The summed E-state index contributed by atoms with van der Waals surface area (Å²) in [4.78, 5) is 28.1. The van der Waals surface area contributed by atoms with Crippen LogP contribution in [0.1, 0.15) is 52.6 Å². The van der Waals surface area contributed by atoms with Gasteiger partial charge in [-0.05, 0) is 61.2 Å². The molecule has 0 saturated carbocycles. The molecule has 0 aliphatic carbocycles. The van der Waals surface area contributed by atoms with Gasteiger partial charge >= 0.3 is 0 Å². The quantitative estimate of drug-likeness (QED) is 0.226. The van der Waals surface area contributed by atoms with Crippen molar-refractivity contribution in [1.82, 2.24) is 24.7 Å². The number of methoxy groups -OCH3 is 1. The summed E-state index contributed by atoms with van der Waals surface area (Å²) in [6, 6.07) is 22.6. The topological polar surface area (TPSA) is 83.2 Å². The Labute approximate surface area is 272 Å². The maximum atomic E-state index is 13.1. The number of imidazole rings is 1. The monoisotopic (exact) mass is 623 g/mol. The van der Waals surface area contributed by atoms with Crippen LogP contribution in [0, 0.1) is 0 Å². The molecule has 1 saturated heterocycles. The lowest BCUT2D eigenvalue weighted by molar-refractivity contribution is 0.0321. The number of nitrogens with one attached hydrogen (secondary N) is 1. The molecule has 3 heterocycles. The van der Waals surface area contributed by atoms with Gasteiger partial charge in [0.2, 0.25) is 0 Å². The predicted molar refractivity (Wildman–Crippen MR) is 179 cm³/mol. The van der Waals surface area contributed by atoms with Gasteiger partial charge in [-0.2, -0.15) is 0 Å². The number of aromatic nitrogens is 2. The summed E-state index contributed by atoms with van der Waals surface area (Å²) in [5.74, 6) is 2.44. The van der Waals surface area contributed by atoms with Gasteiger partial charge in [0.1, 0.15) is 12.4 Å². The van der Waals surface area contributed by atoms with Crippen LogP contribution >= 0.6 is 0 Å². The van der Waals surface area contributed by atoms with Crippen LogP contribution in [-0.2, 0) is 17.7 Å². The highest BCUT2D eigenvalue weighted by atomic mass is 16.5. The lowest BCUT2D eigenvalue weighted by atomic mass is 9.87. The van der Waals surface area contributed by atoms with Crippen LogP contribution in [0.15, 0.2) is 72.9 Å². The van der Waals surface area contributed by atoms with Crippen LogP contribution < -0.4 is 9.47 Å². The highest BCUT2D eigenvalue weighted by Gasteiger charge is 2.31. The Kier molecular flexibility index (Phi) is 10.3. The first kappa shape index (κ1) is 31.8. The van der Waals surface area contributed by atoms with E-state index in [9.17, 15) is 4.79 Å². The molecule has 2 aliphatic heterocycles. The maximum Gasteiger partial charge on any atom is 0.253 e. The van der Waals surface area contributed by atoms with Crippen LogP contribution in [0.25, 0.3) is 11.4 Å². The molecule has 0 spiro atoms. The number of benzene rings is 3. The maximum absolute atomic E-state index is 13.1. The van der Waals surface area contributed by atoms with Crippen molar-refractivity contribution in [3.8, 4) is 22.9 Å². The first-order valence-electron chi connectivity index (χ1n) is 16.4. The second kappa shape index (κ2) is 14.9. The normalized spacial score (nSPS) is 17.0. The zero-order valence-corrected chi connectivity index (χ0v) is 27.2. The lowest BCUT2D eigenvalue weighted by Crippen LogP contribution is -2.38. The Morgan fingerprint density at radius 1 is 1.00 bits per heavy atom. The van der Waals surface area contributed by atoms with Crippen molar-refractivity contribution in [3.05, 3.63) is 101 Å². The van der Waals surface area contributed by atoms with Crippen molar-refractivity contribution in [3.63, 3.8) is 0 Å². The molecule has 242 valence electrons. The van der Waals surface area contributed by atoms with Crippen LogP contribution in [0.3, 0.4) is 0 Å². The standard InChI is InChI=1S/C37H45N5O4/c1-4-41(5-2)37(43)29-13-11-27(12-14-29)35-32-24-34(46-22-19-40-17-20-45-21-18-40)33(44-3)23-30(32)15-16-42(35)26-31-25-38-36(39-31)28-9-7-6-8-10-28/h6-14,23-25,35H,4-5,15-22,26H2,1-3H3,(H,38,39)/t35-/m1/s1. The summed E-state index contributed by atoms with van der Waals surface area (Å²) in [5.41, 5.74) is 6.39. The second-order valence-electron chi connectivity index (χ2n) is 11.8. The Morgan fingerprint density at radius 2 is 1.76 bits per heavy atom. The molecule has 0 unspecified atom stereocenters. The average Bonchev–Trinajstić information content (AvgIpc) is 3.58.